The lowest BCUT2D eigenvalue weighted by Gasteiger charge is -2.24. The predicted octanol–water partition coefficient (Wildman–Crippen LogP) is 2.47. The van der Waals surface area contributed by atoms with Gasteiger partial charge in [-0.2, -0.15) is 0 Å². The molecule has 2 N–H and O–H groups in total. The van der Waals surface area contributed by atoms with Crippen molar-refractivity contribution in [1.82, 2.24) is 5.32 Å². The predicted molar refractivity (Wildman–Crippen MR) is 88.1 cm³/mol. The average molecular weight is 352 g/mol. The van der Waals surface area contributed by atoms with E-state index in [0.29, 0.717) is 13.0 Å². The molecule has 0 aliphatic carbocycles. The van der Waals surface area contributed by atoms with Crippen LogP contribution in [0.3, 0.4) is 0 Å². The van der Waals surface area contributed by atoms with E-state index in [1.165, 1.54) is 0 Å². The van der Waals surface area contributed by atoms with Crippen molar-refractivity contribution in [3.05, 3.63) is 0 Å². The molecule has 0 aromatic carbocycles. The lowest BCUT2D eigenvalue weighted by molar-refractivity contribution is -0.123. The first-order valence-electron chi connectivity index (χ1n) is 7.46. The zero-order chi connectivity index (χ0) is 18.1. The Morgan fingerprint density at radius 3 is 2.52 bits per heavy atom. The Balaban J connectivity index is 4.13. The van der Waals surface area contributed by atoms with Crippen molar-refractivity contribution in [3.8, 4) is 0 Å². The lowest BCUT2D eigenvalue weighted by atomic mass is 9.90. The van der Waals surface area contributed by atoms with Crippen molar-refractivity contribution in [2.75, 3.05) is 20.3 Å². The highest BCUT2D eigenvalue weighted by molar-refractivity contribution is 7.47. The maximum Gasteiger partial charge on any atom is 0.471 e. The third-order valence-corrected chi connectivity index (χ3v) is 3.63. The number of carbonyl (C=O) groups is 1. The van der Waals surface area contributed by atoms with E-state index in [0.717, 1.165) is 12.8 Å². The molecule has 0 fully saturated rings. The molecular formula is C14H29N2O6P. The lowest BCUT2D eigenvalue weighted by Crippen LogP contribution is -2.32. The Hall–Kier alpha value is -0.950. The van der Waals surface area contributed by atoms with Crippen LogP contribution in [0.15, 0.2) is 5.16 Å². The first kappa shape index (κ1) is 22.1. The topological polar surface area (TPSA) is 106 Å². The Morgan fingerprint density at radius 2 is 2.00 bits per heavy atom. The van der Waals surface area contributed by atoms with Gasteiger partial charge in [-0.25, -0.2) is 4.57 Å². The number of rotatable bonds is 11. The molecule has 0 bridgehead atoms. The summed E-state index contributed by atoms with van der Waals surface area (Å²) in [5, 5.41) is 6.71. The van der Waals surface area contributed by atoms with Crippen LogP contribution < -0.4 is 5.32 Å². The van der Waals surface area contributed by atoms with Crippen LogP contribution in [0.2, 0.25) is 0 Å². The highest BCUT2D eigenvalue weighted by atomic mass is 31.2. The van der Waals surface area contributed by atoms with Crippen molar-refractivity contribution >= 4 is 19.4 Å². The van der Waals surface area contributed by atoms with E-state index >= 15 is 0 Å². The minimum Gasteiger partial charge on any atom is -0.393 e. The molecule has 8 nitrogen and oxygen atoms in total. The molecule has 1 amide bonds. The molecule has 0 aliphatic heterocycles. The van der Waals surface area contributed by atoms with Crippen LogP contribution in [0.4, 0.5) is 0 Å². The Bertz CT molecular complexity index is 451. The summed E-state index contributed by atoms with van der Waals surface area (Å²) in [6.45, 7) is 9.52. The van der Waals surface area contributed by atoms with Crippen molar-refractivity contribution in [2.24, 2.45) is 10.6 Å². The fourth-order valence-electron chi connectivity index (χ4n) is 1.48. The van der Waals surface area contributed by atoms with E-state index in [-0.39, 0.29) is 25.0 Å². The van der Waals surface area contributed by atoms with Gasteiger partial charge in [0.05, 0.1) is 12.3 Å². The standard InChI is InChI=1S/C14H29N2O6P/c1-11(2)22-16-12(3)7-8-15-13(17)9-14(4,5)10-21-23(18,19)20-6/h11H,7-10H2,1-6H3,(H,15,17)(H,18,19)/b16-12+. The summed E-state index contributed by atoms with van der Waals surface area (Å²) < 4.78 is 20.4. The molecule has 23 heavy (non-hydrogen) atoms. The molecule has 0 aliphatic rings. The molecule has 1 atom stereocenters. The molecule has 0 saturated heterocycles. The van der Waals surface area contributed by atoms with Crippen molar-refractivity contribution in [1.29, 1.82) is 0 Å². The number of phosphoric ester groups is 1. The third-order valence-electron chi connectivity index (χ3n) is 2.72. The highest BCUT2D eigenvalue weighted by Crippen LogP contribution is 2.43. The van der Waals surface area contributed by atoms with Crippen LogP contribution in [0.25, 0.3) is 0 Å². The van der Waals surface area contributed by atoms with E-state index in [1.807, 2.05) is 20.8 Å². The van der Waals surface area contributed by atoms with Gasteiger partial charge in [0.15, 0.2) is 0 Å². The van der Waals surface area contributed by atoms with Crippen LogP contribution in [0.5, 0.6) is 0 Å². The smallest absolute Gasteiger partial charge is 0.393 e. The molecule has 9 heteroatoms. The molecule has 0 saturated carbocycles. The van der Waals surface area contributed by atoms with Crippen molar-refractivity contribution < 1.29 is 28.1 Å². The van der Waals surface area contributed by atoms with E-state index in [1.54, 1.807) is 13.8 Å². The number of nitrogens with zero attached hydrogens (tertiary/aromatic N) is 1. The van der Waals surface area contributed by atoms with Gasteiger partial charge in [-0.05, 0) is 26.2 Å². The summed E-state index contributed by atoms with van der Waals surface area (Å²) in [5.41, 5.74) is 0.202. The molecule has 0 aromatic rings. The fourth-order valence-corrected chi connectivity index (χ4v) is 2.10. The van der Waals surface area contributed by atoms with E-state index in [9.17, 15) is 14.3 Å². The van der Waals surface area contributed by atoms with Gasteiger partial charge in [-0.1, -0.05) is 19.0 Å². The molecule has 0 spiro atoms. The van der Waals surface area contributed by atoms with E-state index in [4.69, 9.17) is 9.36 Å². The number of hydrogen-bond acceptors (Lipinski definition) is 6. The molecule has 136 valence electrons. The fraction of sp³-hybridized carbons (Fsp3) is 0.857. The van der Waals surface area contributed by atoms with E-state index < -0.39 is 13.2 Å². The summed E-state index contributed by atoms with van der Waals surface area (Å²) in [6, 6.07) is 0. The normalized spacial score (nSPS) is 15.4. The first-order chi connectivity index (χ1) is 10.5. The van der Waals surface area contributed by atoms with Crippen molar-refractivity contribution in [3.63, 3.8) is 0 Å². The molecular weight excluding hydrogens is 323 g/mol. The summed E-state index contributed by atoms with van der Waals surface area (Å²) in [4.78, 5) is 26.2. The van der Waals surface area contributed by atoms with Gasteiger partial charge < -0.3 is 15.0 Å². The minimum atomic E-state index is -4.02. The van der Waals surface area contributed by atoms with Gasteiger partial charge >= 0.3 is 7.82 Å². The number of amides is 1. The molecule has 0 heterocycles. The summed E-state index contributed by atoms with van der Waals surface area (Å²) in [7, 11) is -2.93. The van der Waals surface area contributed by atoms with Gasteiger partial charge in [0, 0.05) is 26.5 Å². The summed E-state index contributed by atoms with van der Waals surface area (Å²) in [6.07, 6.45) is 0.773. The van der Waals surface area contributed by atoms with Gasteiger partial charge in [-0.3, -0.25) is 13.8 Å². The zero-order valence-electron chi connectivity index (χ0n) is 14.8. The maximum absolute atomic E-state index is 11.9. The largest absolute Gasteiger partial charge is 0.471 e. The van der Waals surface area contributed by atoms with Crippen LogP contribution in [0, 0.1) is 5.41 Å². The Kier molecular flexibility index (Phi) is 9.61. The second-order valence-electron chi connectivity index (χ2n) is 6.35. The quantitative estimate of drug-likeness (QED) is 0.336. The first-order valence-corrected chi connectivity index (χ1v) is 8.96. The van der Waals surface area contributed by atoms with Gasteiger partial charge in [0.25, 0.3) is 0 Å². The second-order valence-corrected chi connectivity index (χ2v) is 7.91. The number of hydrogen-bond donors (Lipinski definition) is 2. The van der Waals surface area contributed by atoms with Gasteiger partial charge in [-0.15, -0.1) is 0 Å². The van der Waals surface area contributed by atoms with Crippen LogP contribution in [-0.4, -0.2) is 42.9 Å². The molecule has 0 radical (unpaired) electrons. The number of phosphoric acid groups is 1. The van der Waals surface area contributed by atoms with Crippen molar-refractivity contribution in [2.45, 2.75) is 53.6 Å². The number of nitrogens with one attached hydrogen (secondary N) is 1. The monoisotopic (exact) mass is 352 g/mol. The highest BCUT2D eigenvalue weighted by Gasteiger charge is 2.28. The zero-order valence-corrected chi connectivity index (χ0v) is 15.7. The minimum absolute atomic E-state index is 0.0231. The average Bonchev–Trinajstić information content (AvgIpc) is 2.43. The summed E-state index contributed by atoms with van der Waals surface area (Å²) in [5.74, 6) is -0.165. The molecule has 0 aromatic heterocycles. The third kappa shape index (κ3) is 12.2. The maximum atomic E-state index is 11.9. The van der Waals surface area contributed by atoms with Gasteiger partial charge in [0.2, 0.25) is 5.91 Å². The Morgan fingerprint density at radius 1 is 1.39 bits per heavy atom. The van der Waals surface area contributed by atoms with Crippen LogP contribution >= 0.6 is 7.82 Å². The second kappa shape index (κ2) is 10.0. The SMILES string of the molecule is COP(=O)(O)OCC(C)(C)CC(=O)NCC/C(C)=N/OC(C)C. The molecule has 0 rings (SSSR count). The van der Waals surface area contributed by atoms with Crippen LogP contribution in [0.1, 0.15) is 47.5 Å². The molecule has 1 unspecified atom stereocenters. The summed E-state index contributed by atoms with van der Waals surface area (Å²) >= 11 is 0. The Labute approximate surface area is 138 Å². The van der Waals surface area contributed by atoms with Gasteiger partial charge in [0.1, 0.15) is 6.10 Å². The van der Waals surface area contributed by atoms with Crippen LogP contribution in [-0.2, 0) is 23.2 Å². The number of oxime groups is 1. The number of carbonyl (C=O) groups excluding carboxylic acids is 1. The van der Waals surface area contributed by atoms with E-state index in [2.05, 4.69) is 15.0 Å².